The van der Waals surface area contributed by atoms with Gasteiger partial charge in [0.2, 0.25) is 11.7 Å². The Morgan fingerprint density at radius 1 is 1.05 bits per heavy atom. The van der Waals surface area contributed by atoms with Crippen LogP contribution in [-0.4, -0.2) is 22.5 Å². The maximum absolute atomic E-state index is 12.3. The highest BCUT2D eigenvalue weighted by atomic mass is 35.5. The fourth-order valence-corrected chi connectivity index (χ4v) is 2.69. The van der Waals surface area contributed by atoms with Gasteiger partial charge in [-0.2, -0.15) is 0 Å². The fraction of sp³-hybridized carbons (Fsp3) is 0.0625. The van der Waals surface area contributed by atoms with Gasteiger partial charge in [-0.3, -0.25) is 4.79 Å². The monoisotopic (exact) mass is 312 g/mol. The molecular weight excluding hydrogens is 304 g/mol. The van der Waals surface area contributed by atoms with Gasteiger partial charge in [0, 0.05) is 21.7 Å². The third-order valence-electron chi connectivity index (χ3n) is 3.65. The van der Waals surface area contributed by atoms with Gasteiger partial charge < -0.3 is 9.84 Å². The van der Waals surface area contributed by atoms with Crippen LogP contribution in [0.15, 0.2) is 58.7 Å². The summed E-state index contributed by atoms with van der Waals surface area (Å²) < 4.78 is 5.63. The van der Waals surface area contributed by atoms with Gasteiger partial charge in [0.05, 0.1) is 0 Å². The molecule has 0 fully saturated rings. The Hall–Kier alpha value is -2.50. The minimum atomic E-state index is -1.90. The number of aliphatic hydroxyl groups is 1. The smallest absolute Gasteiger partial charge is 0.287 e. The van der Waals surface area contributed by atoms with E-state index in [-0.39, 0.29) is 17.4 Å². The Morgan fingerprint density at radius 2 is 1.77 bits per heavy atom. The van der Waals surface area contributed by atoms with Crippen molar-refractivity contribution in [1.82, 2.24) is 0 Å². The van der Waals surface area contributed by atoms with Gasteiger partial charge in [0.25, 0.3) is 5.79 Å². The summed E-state index contributed by atoms with van der Waals surface area (Å²) in [6.45, 7) is 0. The van der Waals surface area contributed by atoms with Crippen LogP contribution in [0.1, 0.15) is 21.5 Å². The van der Waals surface area contributed by atoms with Crippen LogP contribution in [-0.2, 0) is 10.5 Å². The number of rotatable bonds is 1. The Bertz CT molecular complexity index is 858. The lowest BCUT2D eigenvalue weighted by Gasteiger charge is -2.27. The second-order valence-corrected chi connectivity index (χ2v) is 5.42. The predicted molar refractivity (Wildman–Crippen MR) is 81.2 cm³/mol. The standard InChI is InChI=1S/C16H9ClN2O3/c17-10-7-5-9(6-8-10)15-19-18-14-13(20)11-3-1-2-4-12(11)16(14,21)22-15/h1-8,21H. The van der Waals surface area contributed by atoms with E-state index in [0.717, 1.165) is 0 Å². The number of hydrogen-bond acceptors (Lipinski definition) is 5. The molecule has 1 aliphatic carbocycles. The Kier molecular flexibility index (Phi) is 2.69. The molecular formula is C16H9ClN2O3. The molecule has 22 heavy (non-hydrogen) atoms. The second-order valence-electron chi connectivity index (χ2n) is 4.98. The van der Waals surface area contributed by atoms with E-state index < -0.39 is 5.79 Å². The number of carbonyl (C=O) groups is 1. The lowest BCUT2D eigenvalue weighted by Crippen LogP contribution is -2.41. The van der Waals surface area contributed by atoms with Crippen molar-refractivity contribution >= 4 is 29.0 Å². The molecule has 0 aromatic heterocycles. The molecule has 1 heterocycles. The average Bonchev–Trinajstić information content (AvgIpc) is 2.76. The predicted octanol–water partition coefficient (Wildman–Crippen LogP) is 2.51. The van der Waals surface area contributed by atoms with Crippen LogP contribution in [0.4, 0.5) is 0 Å². The van der Waals surface area contributed by atoms with Crippen molar-refractivity contribution in [2.75, 3.05) is 0 Å². The van der Waals surface area contributed by atoms with Crippen molar-refractivity contribution < 1.29 is 14.6 Å². The summed E-state index contributed by atoms with van der Waals surface area (Å²) >= 11 is 5.85. The number of ether oxygens (including phenoxy) is 1. The van der Waals surface area contributed by atoms with Gasteiger partial charge in [-0.25, -0.2) is 0 Å². The summed E-state index contributed by atoms with van der Waals surface area (Å²) in [6.07, 6.45) is 0. The van der Waals surface area contributed by atoms with Gasteiger partial charge in [-0.1, -0.05) is 35.9 Å². The maximum atomic E-state index is 12.3. The van der Waals surface area contributed by atoms with Gasteiger partial charge >= 0.3 is 0 Å². The quantitative estimate of drug-likeness (QED) is 0.879. The normalized spacial score (nSPS) is 22.4. The number of hydrogen-bond donors (Lipinski definition) is 1. The number of Topliss-reactive ketones (excluding diaryl/α,β-unsaturated/α-hetero) is 1. The van der Waals surface area contributed by atoms with E-state index in [0.29, 0.717) is 21.7 Å². The van der Waals surface area contributed by atoms with E-state index in [1.54, 1.807) is 48.5 Å². The molecule has 0 spiro atoms. The third-order valence-corrected chi connectivity index (χ3v) is 3.90. The second kappa shape index (κ2) is 4.50. The molecule has 0 saturated heterocycles. The molecule has 5 nitrogen and oxygen atoms in total. The first-order valence-corrected chi connectivity index (χ1v) is 6.95. The van der Waals surface area contributed by atoms with Crippen LogP contribution < -0.4 is 0 Å². The molecule has 108 valence electrons. The van der Waals surface area contributed by atoms with Crippen LogP contribution in [0, 0.1) is 0 Å². The van der Waals surface area contributed by atoms with Gasteiger partial charge in [0.15, 0.2) is 5.71 Å². The molecule has 1 aliphatic heterocycles. The van der Waals surface area contributed by atoms with Crippen molar-refractivity contribution in [3.05, 3.63) is 70.2 Å². The van der Waals surface area contributed by atoms with Crippen molar-refractivity contribution in [1.29, 1.82) is 0 Å². The number of halogens is 1. The zero-order valence-corrected chi connectivity index (χ0v) is 11.9. The maximum Gasteiger partial charge on any atom is 0.287 e. The highest BCUT2D eigenvalue weighted by Gasteiger charge is 2.53. The Labute approximate surface area is 130 Å². The van der Waals surface area contributed by atoms with E-state index in [1.807, 2.05) is 0 Å². The molecule has 4 rings (SSSR count). The summed E-state index contributed by atoms with van der Waals surface area (Å²) in [5.74, 6) is -2.14. The van der Waals surface area contributed by atoms with Gasteiger partial charge in [-0.15, -0.1) is 10.2 Å². The van der Waals surface area contributed by atoms with Crippen LogP contribution in [0.2, 0.25) is 5.02 Å². The number of nitrogens with zero attached hydrogens (tertiary/aromatic N) is 2. The summed E-state index contributed by atoms with van der Waals surface area (Å²) in [7, 11) is 0. The van der Waals surface area contributed by atoms with Crippen molar-refractivity contribution in [2.24, 2.45) is 10.2 Å². The first-order chi connectivity index (χ1) is 10.6. The van der Waals surface area contributed by atoms with Crippen molar-refractivity contribution in [2.45, 2.75) is 5.79 Å². The molecule has 0 bridgehead atoms. The van der Waals surface area contributed by atoms with Crippen molar-refractivity contribution in [3.8, 4) is 0 Å². The van der Waals surface area contributed by atoms with Crippen LogP contribution in [0.25, 0.3) is 0 Å². The summed E-state index contributed by atoms with van der Waals surface area (Å²) in [4.78, 5) is 12.3. The van der Waals surface area contributed by atoms with Crippen LogP contribution in [0.5, 0.6) is 0 Å². The molecule has 2 aromatic carbocycles. The van der Waals surface area contributed by atoms with Crippen LogP contribution in [0.3, 0.4) is 0 Å². The Morgan fingerprint density at radius 3 is 2.55 bits per heavy atom. The zero-order chi connectivity index (χ0) is 15.3. The SMILES string of the molecule is O=C1C2=NN=C(c3ccc(Cl)cc3)OC2(O)c2ccccc21. The first-order valence-electron chi connectivity index (χ1n) is 6.57. The topological polar surface area (TPSA) is 71.2 Å². The Balaban J connectivity index is 1.83. The van der Waals surface area contributed by atoms with E-state index in [1.165, 1.54) is 0 Å². The zero-order valence-electron chi connectivity index (χ0n) is 11.2. The highest BCUT2D eigenvalue weighted by Crippen LogP contribution is 2.38. The third kappa shape index (κ3) is 1.73. The van der Waals surface area contributed by atoms with E-state index >= 15 is 0 Å². The van der Waals surface area contributed by atoms with E-state index in [9.17, 15) is 9.90 Å². The molecule has 2 aromatic rings. The number of ketones is 1. The lowest BCUT2D eigenvalue weighted by atomic mass is 10.1. The molecule has 1 unspecified atom stereocenters. The average molecular weight is 313 g/mol. The number of fused-ring (bicyclic) bond motifs is 3. The molecule has 0 amide bonds. The minimum Gasteiger partial charge on any atom is -0.433 e. The van der Waals surface area contributed by atoms with E-state index in [4.69, 9.17) is 16.3 Å². The fourth-order valence-electron chi connectivity index (χ4n) is 2.57. The molecule has 1 N–H and O–H groups in total. The minimum absolute atomic E-state index is 0.119. The first kappa shape index (κ1) is 13.2. The molecule has 6 heteroatoms. The van der Waals surface area contributed by atoms with E-state index in [2.05, 4.69) is 10.2 Å². The summed E-state index contributed by atoms with van der Waals surface area (Å²) in [6, 6.07) is 13.5. The van der Waals surface area contributed by atoms with Crippen LogP contribution >= 0.6 is 11.6 Å². The molecule has 2 aliphatic rings. The lowest BCUT2D eigenvalue weighted by molar-refractivity contribution is -0.0913. The summed E-state index contributed by atoms with van der Waals surface area (Å²) in [5, 5.41) is 19.2. The molecule has 0 radical (unpaired) electrons. The van der Waals surface area contributed by atoms with Crippen molar-refractivity contribution in [3.63, 3.8) is 0 Å². The number of benzene rings is 2. The highest BCUT2D eigenvalue weighted by molar-refractivity contribution is 6.52. The molecule has 1 atom stereocenters. The molecule has 0 saturated carbocycles. The number of carbonyl (C=O) groups excluding carboxylic acids is 1. The largest absolute Gasteiger partial charge is 0.433 e. The van der Waals surface area contributed by atoms with Gasteiger partial charge in [-0.05, 0) is 24.3 Å². The van der Waals surface area contributed by atoms with Gasteiger partial charge in [0.1, 0.15) is 0 Å². The summed E-state index contributed by atoms with van der Waals surface area (Å²) in [5.41, 5.74) is 1.24.